The Balaban J connectivity index is 3.13. The molecule has 0 atom stereocenters. The van der Waals surface area contributed by atoms with Crippen LogP contribution in [0, 0.1) is 0 Å². The number of methoxy groups -OCH3 is 1. The molecule has 0 saturated carbocycles. The molecule has 0 spiro atoms. The first-order valence-corrected chi connectivity index (χ1v) is 4.86. The number of nitrogens with one attached hydrogen (secondary N) is 1. The highest BCUT2D eigenvalue weighted by molar-refractivity contribution is 9.10. The molecule has 6 heteroatoms. The molecule has 0 aliphatic rings. The molecule has 0 aliphatic heterocycles. The van der Waals surface area contributed by atoms with Crippen molar-refractivity contribution in [2.45, 2.75) is 6.92 Å². The van der Waals surface area contributed by atoms with Crippen LogP contribution in [0.4, 0.5) is 5.82 Å². The van der Waals surface area contributed by atoms with Gasteiger partial charge < -0.3 is 10.1 Å². The average Bonchev–Trinajstić information content (AvgIpc) is 2.16. The van der Waals surface area contributed by atoms with E-state index in [1.807, 2.05) is 0 Å². The number of hydrogen-bond acceptors (Lipinski definition) is 4. The van der Waals surface area contributed by atoms with Crippen LogP contribution < -0.4 is 5.32 Å². The molecule has 0 aliphatic carbocycles. The fraction of sp³-hybridized carbons (Fsp3) is 0.222. The van der Waals surface area contributed by atoms with Crippen molar-refractivity contribution in [1.82, 2.24) is 4.98 Å². The molecule has 15 heavy (non-hydrogen) atoms. The molecule has 0 saturated heterocycles. The number of anilines is 1. The fourth-order valence-electron chi connectivity index (χ4n) is 0.972. The van der Waals surface area contributed by atoms with Gasteiger partial charge in [-0.15, -0.1) is 0 Å². The van der Waals surface area contributed by atoms with Crippen molar-refractivity contribution in [3.63, 3.8) is 0 Å². The molecule has 1 heterocycles. The first-order valence-electron chi connectivity index (χ1n) is 4.07. The van der Waals surface area contributed by atoms with E-state index in [2.05, 4.69) is 31.0 Å². The van der Waals surface area contributed by atoms with Gasteiger partial charge in [0.15, 0.2) is 0 Å². The van der Waals surface area contributed by atoms with Crippen LogP contribution in [0.15, 0.2) is 16.7 Å². The predicted molar refractivity (Wildman–Crippen MR) is 57.6 cm³/mol. The smallest absolute Gasteiger partial charge is 0.341 e. The molecule has 0 unspecified atom stereocenters. The van der Waals surface area contributed by atoms with Crippen LogP contribution in [0.2, 0.25) is 0 Å². The van der Waals surface area contributed by atoms with Gasteiger partial charge >= 0.3 is 5.97 Å². The second kappa shape index (κ2) is 4.88. The number of aromatic nitrogens is 1. The summed E-state index contributed by atoms with van der Waals surface area (Å²) in [7, 11) is 1.27. The maximum Gasteiger partial charge on any atom is 0.341 e. The van der Waals surface area contributed by atoms with E-state index in [1.165, 1.54) is 20.1 Å². The standard InChI is InChI=1S/C9H9BrN2O3/c1-5(13)11-8-6(9(14)15-2)3-4-7(10)12-8/h3-4H,1-2H3,(H,11,12,13). The number of pyridine rings is 1. The van der Waals surface area contributed by atoms with Crippen LogP contribution in [0.3, 0.4) is 0 Å². The van der Waals surface area contributed by atoms with Crippen molar-refractivity contribution in [3.05, 3.63) is 22.3 Å². The van der Waals surface area contributed by atoms with E-state index >= 15 is 0 Å². The van der Waals surface area contributed by atoms with Crippen LogP contribution in [-0.2, 0) is 9.53 Å². The Morgan fingerprint density at radius 3 is 2.67 bits per heavy atom. The highest BCUT2D eigenvalue weighted by Crippen LogP contribution is 2.17. The topological polar surface area (TPSA) is 68.3 Å². The maximum atomic E-state index is 11.3. The quantitative estimate of drug-likeness (QED) is 0.656. The van der Waals surface area contributed by atoms with E-state index in [-0.39, 0.29) is 17.3 Å². The van der Waals surface area contributed by atoms with E-state index in [1.54, 1.807) is 6.07 Å². The van der Waals surface area contributed by atoms with Gasteiger partial charge in [-0.25, -0.2) is 9.78 Å². The summed E-state index contributed by atoms with van der Waals surface area (Å²) >= 11 is 3.14. The lowest BCUT2D eigenvalue weighted by atomic mass is 10.2. The van der Waals surface area contributed by atoms with Crippen molar-refractivity contribution in [2.75, 3.05) is 12.4 Å². The first kappa shape index (κ1) is 11.6. The molecule has 0 bridgehead atoms. The zero-order valence-corrected chi connectivity index (χ0v) is 9.79. The van der Waals surface area contributed by atoms with Crippen LogP contribution in [0.25, 0.3) is 0 Å². The van der Waals surface area contributed by atoms with Crippen LogP contribution in [0.5, 0.6) is 0 Å². The van der Waals surface area contributed by atoms with Crippen LogP contribution >= 0.6 is 15.9 Å². The highest BCUT2D eigenvalue weighted by Gasteiger charge is 2.14. The number of esters is 1. The molecule has 1 aromatic heterocycles. The maximum absolute atomic E-state index is 11.3. The number of amides is 1. The Morgan fingerprint density at radius 2 is 2.13 bits per heavy atom. The summed E-state index contributed by atoms with van der Waals surface area (Å²) in [5, 5.41) is 2.45. The van der Waals surface area contributed by atoms with Crippen molar-refractivity contribution in [1.29, 1.82) is 0 Å². The molecule has 5 nitrogen and oxygen atoms in total. The summed E-state index contributed by atoms with van der Waals surface area (Å²) in [4.78, 5) is 26.1. The van der Waals surface area contributed by atoms with Gasteiger partial charge in [0.05, 0.1) is 7.11 Å². The largest absolute Gasteiger partial charge is 0.465 e. The minimum absolute atomic E-state index is 0.184. The van der Waals surface area contributed by atoms with E-state index in [0.29, 0.717) is 4.60 Å². The Labute approximate surface area is 95.0 Å². The third kappa shape index (κ3) is 3.02. The van der Waals surface area contributed by atoms with Crippen LogP contribution in [0.1, 0.15) is 17.3 Å². The number of carbonyl (C=O) groups is 2. The van der Waals surface area contributed by atoms with E-state index in [0.717, 1.165) is 0 Å². The molecule has 1 aromatic rings. The average molecular weight is 273 g/mol. The Hall–Kier alpha value is -1.43. The molecular formula is C9H9BrN2O3. The van der Waals surface area contributed by atoms with Crippen LogP contribution in [-0.4, -0.2) is 24.0 Å². The van der Waals surface area contributed by atoms with E-state index < -0.39 is 5.97 Å². The molecule has 0 fully saturated rings. The number of ether oxygens (including phenoxy) is 1. The second-order valence-corrected chi connectivity index (χ2v) is 3.52. The number of rotatable bonds is 2. The van der Waals surface area contributed by atoms with Gasteiger partial charge in [0.25, 0.3) is 0 Å². The number of nitrogens with zero attached hydrogens (tertiary/aromatic N) is 1. The summed E-state index contributed by atoms with van der Waals surface area (Å²) in [6.45, 7) is 1.34. The molecule has 80 valence electrons. The number of carbonyl (C=O) groups excluding carboxylic acids is 2. The third-order valence-electron chi connectivity index (χ3n) is 1.56. The zero-order chi connectivity index (χ0) is 11.4. The summed E-state index contributed by atoms with van der Waals surface area (Å²) in [6.07, 6.45) is 0. The predicted octanol–water partition coefficient (Wildman–Crippen LogP) is 1.59. The van der Waals surface area contributed by atoms with Crippen molar-refractivity contribution in [3.8, 4) is 0 Å². The van der Waals surface area contributed by atoms with Crippen molar-refractivity contribution < 1.29 is 14.3 Å². The molecule has 1 N–H and O–H groups in total. The van der Waals surface area contributed by atoms with Gasteiger partial charge in [-0.3, -0.25) is 4.79 Å². The van der Waals surface area contributed by atoms with Gasteiger partial charge in [-0.05, 0) is 28.1 Å². The van der Waals surface area contributed by atoms with E-state index in [4.69, 9.17) is 0 Å². The summed E-state index contributed by atoms with van der Waals surface area (Å²) in [5.74, 6) is -0.659. The van der Waals surface area contributed by atoms with Gasteiger partial charge in [0, 0.05) is 6.92 Å². The van der Waals surface area contributed by atoms with Gasteiger partial charge in [-0.2, -0.15) is 0 Å². The monoisotopic (exact) mass is 272 g/mol. The SMILES string of the molecule is COC(=O)c1ccc(Br)nc1NC(C)=O. The highest BCUT2D eigenvalue weighted by atomic mass is 79.9. The lowest BCUT2D eigenvalue weighted by molar-refractivity contribution is -0.114. The molecular weight excluding hydrogens is 264 g/mol. The Bertz CT molecular complexity index is 406. The summed E-state index contributed by atoms with van der Waals surface area (Å²) in [5.41, 5.74) is 0.218. The molecule has 1 rings (SSSR count). The lowest BCUT2D eigenvalue weighted by Gasteiger charge is -2.07. The minimum atomic E-state index is -0.543. The fourth-order valence-corrected chi connectivity index (χ4v) is 1.28. The molecule has 1 amide bonds. The first-order chi connectivity index (χ1) is 7.04. The second-order valence-electron chi connectivity index (χ2n) is 2.70. The van der Waals surface area contributed by atoms with Crippen molar-refractivity contribution in [2.24, 2.45) is 0 Å². The van der Waals surface area contributed by atoms with Gasteiger partial charge in [0.2, 0.25) is 5.91 Å². The molecule has 0 radical (unpaired) electrons. The lowest BCUT2D eigenvalue weighted by Crippen LogP contribution is -2.13. The van der Waals surface area contributed by atoms with Gasteiger partial charge in [-0.1, -0.05) is 0 Å². The number of halogens is 1. The van der Waals surface area contributed by atoms with Crippen molar-refractivity contribution >= 4 is 33.6 Å². The Kier molecular flexibility index (Phi) is 3.79. The minimum Gasteiger partial charge on any atom is -0.465 e. The normalized spacial score (nSPS) is 9.53. The Morgan fingerprint density at radius 1 is 1.47 bits per heavy atom. The summed E-state index contributed by atoms with van der Waals surface area (Å²) in [6, 6.07) is 3.12. The zero-order valence-electron chi connectivity index (χ0n) is 8.20. The number of hydrogen-bond donors (Lipinski definition) is 1. The summed E-state index contributed by atoms with van der Waals surface area (Å²) < 4.78 is 5.08. The van der Waals surface area contributed by atoms with E-state index in [9.17, 15) is 9.59 Å². The van der Waals surface area contributed by atoms with Gasteiger partial charge in [0.1, 0.15) is 16.0 Å². The third-order valence-corrected chi connectivity index (χ3v) is 2.00. The molecule has 0 aromatic carbocycles.